The van der Waals surface area contributed by atoms with Crippen LogP contribution in [0.3, 0.4) is 0 Å². The number of nitrogens with one attached hydrogen (secondary N) is 2. The molecule has 3 aromatic rings. The second-order valence-electron chi connectivity index (χ2n) is 7.33. The number of aromatic nitrogens is 2. The van der Waals surface area contributed by atoms with E-state index in [1.165, 1.54) is 24.4 Å². The zero-order chi connectivity index (χ0) is 21.8. The van der Waals surface area contributed by atoms with Gasteiger partial charge in [-0.15, -0.1) is 8.78 Å². The molecule has 10 heteroatoms. The van der Waals surface area contributed by atoms with Crippen LogP contribution in [0.25, 0.3) is 11.3 Å². The summed E-state index contributed by atoms with van der Waals surface area (Å²) in [6.45, 7) is 0. The van der Waals surface area contributed by atoms with Crippen LogP contribution in [-0.2, 0) is 10.2 Å². The lowest BCUT2D eigenvalue weighted by Gasteiger charge is -2.16. The summed E-state index contributed by atoms with van der Waals surface area (Å²) in [5.41, 5.74) is 0.404. The average molecular weight is 446 g/mol. The number of fused-ring (bicyclic) bond motifs is 1. The lowest BCUT2D eigenvalue weighted by Crippen LogP contribution is -2.28. The maximum absolute atomic E-state index is 13.3. The van der Waals surface area contributed by atoms with Gasteiger partial charge in [0, 0.05) is 17.8 Å². The number of hydrogen-bond donors (Lipinski definition) is 2. The van der Waals surface area contributed by atoms with Gasteiger partial charge >= 0.3 is 6.29 Å². The van der Waals surface area contributed by atoms with Crippen LogP contribution < -0.4 is 20.3 Å². The van der Waals surface area contributed by atoms with Crippen molar-refractivity contribution >= 4 is 23.3 Å². The Kier molecular flexibility index (Phi) is 4.26. The Bertz CT molecular complexity index is 1250. The Morgan fingerprint density at radius 3 is 2.58 bits per heavy atom. The highest BCUT2D eigenvalue weighted by Crippen LogP contribution is 2.52. The molecule has 0 radical (unpaired) electrons. The van der Waals surface area contributed by atoms with Gasteiger partial charge in [-0.25, -0.2) is 4.98 Å². The Balaban J connectivity index is 1.40. The van der Waals surface area contributed by atoms with Crippen LogP contribution >= 0.6 is 11.6 Å². The van der Waals surface area contributed by atoms with Crippen LogP contribution in [0.4, 0.5) is 14.6 Å². The van der Waals surface area contributed by atoms with Gasteiger partial charge in [0.15, 0.2) is 11.5 Å². The molecule has 31 heavy (non-hydrogen) atoms. The van der Waals surface area contributed by atoms with Crippen LogP contribution in [0, 0.1) is 0 Å². The van der Waals surface area contributed by atoms with Gasteiger partial charge in [-0.3, -0.25) is 9.59 Å². The van der Waals surface area contributed by atoms with Gasteiger partial charge in [0.25, 0.3) is 0 Å². The highest BCUT2D eigenvalue weighted by Gasteiger charge is 2.53. The molecule has 2 aliphatic rings. The van der Waals surface area contributed by atoms with Crippen LogP contribution in [-0.4, -0.2) is 22.2 Å². The van der Waals surface area contributed by atoms with E-state index in [0.717, 1.165) is 0 Å². The van der Waals surface area contributed by atoms with Crippen molar-refractivity contribution in [3.63, 3.8) is 0 Å². The summed E-state index contributed by atoms with van der Waals surface area (Å²) >= 11 is 6.23. The van der Waals surface area contributed by atoms with Crippen molar-refractivity contribution in [2.24, 2.45) is 0 Å². The number of alkyl halides is 2. The number of pyridine rings is 2. The molecule has 0 saturated heterocycles. The van der Waals surface area contributed by atoms with E-state index in [-0.39, 0.29) is 28.8 Å². The number of nitrogens with zero attached hydrogens (tertiary/aromatic N) is 1. The zero-order valence-corrected chi connectivity index (χ0v) is 16.5. The average Bonchev–Trinajstić information content (AvgIpc) is 3.47. The molecule has 1 aromatic carbocycles. The van der Waals surface area contributed by atoms with Crippen LogP contribution in [0.15, 0.2) is 53.5 Å². The highest BCUT2D eigenvalue weighted by atomic mass is 35.5. The predicted octanol–water partition coefficient (Wildman–Crippen LogP) is 4.08. The molecule has 0 atom stereocenters. The lowest BCUT2D eigenvalue weighted by atomic mass is 9.94. The van der Waals surface area contributed by atoms with Gasteiger partial charge in [-0.2, -0.15) is 0 Å². The largest absolute Gasteiger partial charge is 0.586 e. The molecular formula is C21H14ClF2N3O4. The Hall–Kier alpha value is -3.46. The van der Waals surface area contributed by atoms with E-state index < -0.39 is 11.7 Å². The number of anilines is 1. The number of carbonyl (C=O) groups excluding carboxylic acids is 1. The third-order valence-corrected chi connectivity index (χ3v) is 5.59. The summed E-state index contributed by atoms with van der Waals surface area (Å²) in [5.74, 6) is -0.226. The van der Waals surface area contributed by atoms with Gasteiger partial charge in [-0.1, -0.05) is 17.7 Å². The number of hydrogen-bond acceptors (Lipinski definition) is 5. The third kappa shape index (κ3) is 3.50. The molecule has 0 bridgehead atoms. The topological polar surface area (TPSA) is 93.3 Å². The Morgan fingerprint density at radius 1 is 1.10 bits per heavy atom. The molecule has 5 rings (SSSR count). The van der Waals surface area contributed by atoms with Gasteiger partial charge in [0.1, 0.15) is 5.82 Å². The molecule has 2 aromatic heterocycles. The number of aromatic amines is 1. The first-order valence-electron chi connectivity index (χ1n) is 9.33. The van der Waals surface area contributed by atoms with Crippen molar-refractivity contribution in [3.05, 3.63) is 69.6 Å². The molecule has 1 saturated carbocycles. The summed E-state index contributed by atoms with van der Waals surface area (Å²) in [5, 5.41) is 3.12. The van der Waals surface area contributed by atoms with Crippen LogP contribution in [0.1, 0.15) is 18.4 Å². The van der Waals surface area contributed by atoms with Gasteiger partial charge in [-0.05, 0) is 48.7 Å². The second-order valence-corrected chi connectivity index (χ2v) is 7.74. The minimum absolute atomic E-state index is 0.0742. The number of carbonyl (C=O) groups is 1. The minimum Gasteiger partial charge on any atom is -0.395 e. The monoisotopic (exact) mass is 445 g/mol. The van der Waals surface area contributed by atoms with Crippen LogP contribution in [0.5, 0.6) is 11.5 Å². The fourth-order valence-corrected chi connectivity index (χ4v) is 3.74. The molecule has 7 nitrogen and oxygen atoms in total. The third-order valence-electron chi connectivity index (χ3n) is 5.28. The number of rotatable bonds is 4. The van der Waals surface area contributed by atoms with E-state index in [1.807, 2.05) is 0 Å². The normalized spacial score (nSPS) is 17.3. The quantitative estimate of drug-likeness (QED) is 0.631. The predicted molar refractivity (Wildman–Crippen MR) is 107 cm³/mol. The van der Waals surface area contributed by atoms with Crippen molar-refractivity contribution in [1.29, 1.82) is 0 Å². The number of H-pyrrole nitrogens is 1. The van der Waals surface area contributed by atoms with Crippen molar-refractivity contribution < 1.29 is 23.0 Å². The Morgan fingerprint density at radius 2 is 1.87 bits per heavy atom. The minimum atomic E-state index is -3.72. The summed E-state index contributed by atoms with van der Waals surface area (Å²) in [7, 11) is 0. The smallest absolute Gasteiger partial charge is 0.395 e. The zero-order valence-electron chi connectivity index (χ0n) is 15.7. The van der Waals surface area contributed by atoms with E-state index in [1.54, 1.807) is 24.3 Å². The van der Waals surface area contributed by atoms with E-state index in [9.17, 15) is 18.4 Å². The molecule has 0 unspecified atom stereocenters. The summed E-state index contributed by atoms with van der Waals surface area (Å²) in [4.78, 5) is 31.3. The fourth-order valence-electron chi connectivity index (χ4n) is 3.53. The van der Waals surface area contributed by atoms with Gasteiger partial charge in [0.2, 0.25) is 11.5 Å². The summed E-state index contributed by atoms with van der Waals surface area (Å²) < 4.78 is 35.5. The molecular weight excluding hydrogens is 432 g/mol. The van der Waals surface area contributed by atoms with Crippen molar-refractivity contribution in [2.45, 2.75) is 24.6 Å². The van der Waals surface area contributed by atoms with Crippen molar-refractivity contribution in [1.82, 2.24) is 9.97 Å². The number of ether oxygens (including phenoxy) is 2. The molecule has 1 amide bonds. The lowest BCUT2D eigenvalue weighted by molar-refractivity contribution is -0.286. The molecule has 158 valence electrons. The maximum Gasteiger partial charge on any atom is 0.586 e. The molecule has 1 aliphatic heterocycles. The summed E-state index contributed by atoms with van der Waals surface area (Å²) in [6.07, 6.45) is -1.14. The van der Waals surface area contributed by atoms with E-state index >= 15 is 0 Å². The van der Waals surface area contributed by atoms with E-state index in [2.05, 4.69) is 24.8 Å². The molecule has 2 N–H and O–H groups in total. The molecule has 1 fully saturated rings. The number of benzene rings is 1. The van der Waals surface area contributed by atoms with Crippen LogP contribution in [0.2, 0.25) is 5.02 Å². The fraction of sp³-hybridized carbons (Fsp3) is 0.190. The molecule has 3 heterocycles. The van der Waals surface area contributed by atoms with Crippen molar-refractivity contribution in [3.8, 4) is 22.8 Å². The first kappa shape index (κ1) is 19.5. The number of amides is 1. The molecule has 0 spiro atoms. The Labute approximate surface area is 179 Å². The van der Waals surface area contributed by atoms with Gasteiger partial charge < -0.3 is 19.8 Å². The van der Waals surface area contributed by atoms with Gasteiger partial charge in [0.05, 0.1) is 16.1 Å². The number of halogens is 3. The first-order chi connectivity index (χ1) is 14.8. The van der Waals surface area contributed by atoms with Crippen molar-refractivity contribution in [2.75, 3.05) is 5.32 Å². The van der Waals surface area contributed by atoms with E-state index in [0.29, 0.717) is 34.7 Å². The molecule has 1 aliphatic carbocycles. The standard InChI is InChI=1S/C21H14ClF2N3O4/c22-13-3-5-16(26-18(13)11-1-6-17(28)25-10-11)27-19(29)20(7-8-20)12-2-4-14-15(9-12)31-21(23,24)30-14/h1-6,9-10H,7-8H2,(H,25,28)(H,26,27,29). The SMILES string of the molecule is O=C(Nc1ccc(Cl)c(-c2ccc(=O)[nH]c2)n1)C1(c2ccc3c(c2)OC(F)(F)O3)CC1. The van der Waals surface area contributed by atoms with E-state index in [4.69, 9.17) is 11.6 Å². The highest BCUT2D eigenvalue weighted by molar-refractivity contribution is 6.33. The first-order valence-corrected chi connectivity index (χ1v) is 9.71. The second kappa shape index (κ2) is 6.78. The maximum atomic E-state index is 13.3. The summed E-state index contributed by atoms with van der Waals surface area (Å²) in [6, 6.07) is 10.4.